The van der Waals surface area contributed by atoms with Gasteiger partial charge in [0, 0.05) is 16.7 Å². The molecule has 0 radical (unpaired) electrons. The van der Waals surface area contributed by atoms with Crippen molar-refractivity contribution in [1.82, 2.24) is 15.0 Å². The highest BCUT2D eigenvalue weighted by atomic mass is 15.0. The van der Waals surface area contributed by atoms with E-state index in [2.05, 4.69) is 152 Å². The van der Waals surface area contributed by atoms with Crippen LogP contribution in [0.2, 0.25) is 0 Å². The van der Waals surface area contributed by atoms with Crippen molar-refractivity contribution in [2.75, 3.05) is 0 Å². The van der Waals surface area contributed by atoms with Crippen LogP contribution in [0.25, 0.3) is 99.9 Å². The summed E-state index contributed by atoms with van der Waals surface area (Å²) in [7, 11) is 0. The van der Waals surface area contributed by atoms with Gasteiger partial charge in [0.05, 0.1) is 11.6 Å². The fourth-order valence-electron chi connectivity index (χ4n) is 7.77. The quantitative estimate of drug-likeness (QED) is 0.127. The van der Waals surface area contributed by atoms with E-state index in [1.54, 1.807) is 0 Å². The Kier molecular flexibility index (Phi) is 8.17. The van der Waals surface area contributed by atoms with Crippen molar-refractivity contribution in [3.63, 3.8) is 0 Å². The lowest BCUT2D eigenvalue weighted by atomic mass is 9.89. The summed E-state index contributed by atoms with van der Waals surface area (Å²) in [5.74, 6) is 1.76. The van der Waals surface area contributed by atoms with Gasteiger partial charge in [0.15, 0.2) is 17.5 Å². The molecule has 4 nitrogen and oxygen atoms in total. The second-order valence-electron chi connectivity index (χ2n) is 13.9. The van der Waals surface area contributed by atoms with Gasteiger partial charge in [-0.1, -0.05) is 176 Å². The monoisotopic (exact) mass is 712 g/mol. The van der Waals surface area contributed by atoms with Gasteiger partial charge in [-0.3, -0.25) is 0 Å². The molecule has 0 saturated heterocycles. The van der Waals surface area contributed by atoms with Crippen LogP contribution < -0.4 is 0 Å². The van der Waals surface area contributed by atoms with E-state index < -0.39 is 0 Å². The minimum atomic E-state index is 0.577. The van der Waals surface area contributed by atoms with Crippen molar-refractivity contribution >= 4 is 32.3 Å². The summed E-state index contributed by atoms with van der Waals surface area (Å²) in [4.78, 5) is 15.4. The Bertz CT molecular complexity index is 3110. The maximum Gasteiger partial charge on any atom is 0.164 e. The topological polar surface area (TPSA) is 62.5 Å². The molecule has 4 heteroatoms. The highest BCUT2D eigenvalue weighted by molar-refractivity contribution is 6.20. The van der Waals surface area contributed by atoms with E-state index in [-0.39, 0.29) is 0 Å². The fraction of sp³-hybridized carbons (Fsp3) is 0. The summed E-state index contributed by atoms with van der Waals surface area (Å²) in [6, 6.07) is 69.4. The Morgan fingerprint density at radius 3 is 1.54 bits per heavy atom. The second kappa shape index (κ2) is 13.9. The van der Waals surface area contributed by atoms with Gasteiger partial charge in [0.1, 0.15) is 0 Å². The molecule has 0 unspecified atom stereocenters. The zero-order valence-electron chi connectivity index (χ0n) is 30.3. The highest BCUT2D eigenvalue weighted by Crippen LogP contribution is 2.40. The van der Waals surface area contributed by atoms with Crippen molar-refractivity contribution in [2.45, 2.75) is 0 Å². The minimum absolute atomic E-state index is 0.577. The predicted octanol–water partition coefficient (Wildman–Crippen LogP) is 13.2. The Hall–Kier alpha value is -7.74. The maximum absolute atomic E-state index is 9.43. The first-order valence-electron chi connectivity index (χ1n) is 18.7. The Morgan fingerprint density at radius 1 is 0.321 bits per heavy atom. The molecule has 0 atom stereocenters. The minimum Gasteiger partial charge on any atom is -0.208 e. The number of benzene rings is 9. The molecule has 1 aromatic heterocycles. The van der Waals surface area contributed by atoms with Gasteiger partial charge in [-0.15, -0.1) is 0 Å². The van der Waals surface area contributed by atoms with Crippen LogP contribution in [0.5, 0.6) is 0 Å². The van der Waals surface area contributed by atoms with E-state index in [0.717, 1.165) is 44.5 Å². The first kappa shape index (κ1) is 32.9. The molecule has 0 spiro atoms. The van der Waals surface area contributed by atoms with Crippen molar-refractivity contribution in [3.05, 3.63) is 200 Å². The zero-order valence-corrected chi connectivity index (χ0v) is 30.3. The smallest absolute Gasteiger partial charge is 0.164 e. The van der Waals surface area contributed by atoms with Crippen LogP contribution in [0.3, 0.4) is 0 Å². The third kappa shape index (κ3) is 5.94. The normalized spacial score (nSPS) is 11.2. The zero-order chi connectivity index (χ0) is 37.4. The lowest BCUT2D eigenvalue weighted by Gasteiger charge is -2.15. The SMILES string of the molecule is N#Cc1ccc(-c2ccccc2-c2nc(-c3ccc(-c4ccccc4)cc3)nc(-c3ccc(-c4c5ccccc5cc5c4ccc4ccccc45)cc3)n2)cc1. The summed E-state index contributed by atoms with van der Waals surface area (Å²) in [6.45, 7) is 0. The standard InChI is InChI=1S/C52H32N4/c53-33-34-18-20-38(21-19-34)43-14-8-9-17-47(43)52-55-50(40-26-22-36(23-27-40)35-10-2-1-3-11-35)54-51(56-52)41-28-24-39(25-29-41)49-45-16-7-5-13-42(45)32-48-44-15-6-4-12-37(44)30-31-46(48)49/h1-32H. The van der Waals surface area contributed by atoms with E-state index in [4.69, 9.17) is 15.0 Å². The maximum atomic E-state index is 9.43. The third-order valence-corrected chi connectivity index (χ3v) is 10.6. The molecule has 9 aromatic carbocycles. The molecule has 260 valence electrons. The number of hydrogen-bond donors (Lipinski definition) is 0. The summed E-state index contributed by atoms with van der Waals surface area (Å²) in [5.41, 5.74) is 9.86. The van der Waals surface area contributed by atoms with Crippen LogP contribution >= 0.6 is 0 Å². The van der Waals surface area contributed by atoms with Crippen molar-refractivity contribution < 1.29 is 0 Å². The van der Waals surface area contributed by atoms with Crippen LogP contribution in [0.15, 0.2) is 194 Å². The second-order valence-corrected chi connectivity index (χ2v) is 13.9. The fourth-order valence-corrected chi connectivity index (χ4v) is 7.77. The lowest BCUT2D eigenvalue weighted by molar-refractivity contribution is 1.07. The van der Waals surface area contributed by atoms with E-state index >= 15 is 0 Å². The molecule has 0 bridgehead atoms. The molecular formula is C52H32N4. The Morgan fingerprint density at radius 2 is 0.839 bits per heavy atom. The molecular weight excluding hydrogens is 681 g/mol. The largest absolute Gasteiger partial charge is 0.208 e. The molecule has 0 N–H and O–H groups in total. The number of rotatable bonds is 6. The van der Waals surface area contributed by atoms with E-state index in [1.807, 2.05) is 48.5 Å². The number of fused-ring (bicyclic) bond motifs is 4. The summed E-state index contributed by atoms with van der Waals surface area (Å²) in [6.07, 6.45) is 0. The van der Waals surface area contributed by atoms with Crippen LogP contribution in [-0.2, 0) is 0 Å². The third-order valence-electron chi connectivity index (χ3n) is 10.6. The lowest BCUT2D eigenvalue weighted by Crippen LogP contribution is -2.01. The molecule has 1 heterocycles. The molecule has 0 saturated carbocycles. The van der Waals surface area contributed by atoms with E-state index in [9.17, 15) is 5.26 Å². The van der Waals surface area contributed by atoms with Gasteiger partial charge in [-0.2, -0.15) is 5.26 Å². The first-order valence-corrected chi connectivity index (χ1v) is 18.7. The van der Waals surface area contributed by atoms with E-state index in [1.165, 1.54) is 37.9 Å². The van der Waals surface area contributed by atoms with Crippen molar-refractivity contribution in [1.29, 1.82) is 5.26 Å². The molecule has 0 aliphatic rings. The average Bonchev–Trinajstić information content (AvgIpc) is 3.28. The van der Waals surface area contributed by atoms with Crippen LogP contribution in [0, 0.1) is 11.3 Å². The molecule has 56 heavy (non-hydrogen) atoms. The summed E-state index contributed by atoms with van der Waals surface area (Å²) in [5, 5.41) is 16.8. The molecule has 10 aromatic rings. The predicted molar refractivity (Wildman–Crippen MR) is 230 cm³/mol. The van der Waals surface area contributed by atoms with Gasteiger partial charge in [0.2, 0.25) is 0 Å². The summed E-state index contributed by atoms with van der Waals surface area (Å²) < 4.78 is 0. The Labute approximate surface area is 324 Å². The number of nitrogens with zero attached hydrogens (tertiary/aromatic N) is 4. The molecule has 10 rings (SSSR count). The first-order chi connectivity index (χ1) is 27.7. The van der Waals surface area contributed by atoms with Gasteiger partial charge >= 0.3 is 0 Å². The van der Waals surface area contributed by atoms with E-state index in [0.29, 0.717) is 23.0 Å². The van der Waals surface area contributed by atoms with Gasteiger partial charge in [0.25, 0.3) is 0 Å². The molecule has 0 aliphatic heterocycles. The van der Waals surface area contributed by atoms with Gasteiger partial charge in [-0.05, 0) is 83.9 Å². The van der Waals surface area contributed by atoms with Crippen molar-refractivity contribution in [3.8, 4) is 73.6 Å². The molecule has 0 aliphatic carbocycles. The molecule has 0 amide bonds. The van der Waals surface area contributed by atoms with Crippen LogP contribution in [-0.4, -0.2) is 15.0 Å². The average molecular weight is 713 g/mol. The number of nitriles is 1. The number of hydrogen-bond acceptors (Lipinski definition) is 4. The molecule has 0 fully saturated rings. The Balaban J connectivity index is 1.12. The van der Waals surface area contributed by atoms with Gasteiger partial charge in [-0.25, -0.2) is 15.0 Å². The highest BCUT2D eigenvalue weighted by Gasteiger charge is 2.17. The van der Waals surface area contributed by atoms with Crippen molar-refractivity contribution in [2.24, 2.45) is 0 Å². The van der Waals surface area contributed by atoms with Crippen LogP contribution in [0.1, 0.15) is 5.56 Å². The summed E-state index contributed by atoms with van der Waals surface area (Å²) >= 11 is 0. The van der Waals surface area contributed by atoms with Gasteiger partial charge < -0.3 is 0 Å². The van der Waals surface area contributed by atoms with Crippen LogP contribution in [0.4, 0.5) is 0 Å². The number of aromatic nitrogens is 3.